The van der Waals surface area contributed by atoms with Crippen LogP contribution in [0.5, 0.6) is 0 Å². The fourth-order valence-electron chi connectivity index (χ4n) is 1.37. The molecule has 2 unspecified atom stereocenters. The Bertz CT molecular complexity index is 455. The van der Waals surface area contributed by atoms with Crippen molar-refractivity contribution in [3.05, 3.63) is 32.9 Å². The van der Waals surface area contributed by atoms with Crippen LogP contribution in [0.2, 0.25) is 0 Å². The highest BCUT2D eigenvalue weighted by molar-refractivity contribution is 6.37. The molecule has 0 aliphatic heterocycles. The summed E-state index contributed by atoms with van der Waals surface area (Å²) < 4.78 is 0. The predicted octanol–water partition coefficient (Wildman–Crippen LogP) is 0.841. The number of carboxylic acids is 2. The van der Waals surface area contributed by atoms with Crippen LogP contribution in [0.4, 0.5) is 0 Å². The topological polar surface area (TPSA) is 118 Å². The Balaban J connectivity index is 3.49. The van der Waals surface area contributed by atoms with Crippen LogP contribution in [0.15, 0.2) is 22.8 Å². The molecular formula is C8H5Cl2NO6. The van der Waals surface area contributed by atoms with Gasteiger partial charge in [0.15, 0.2) is 5.38 Å². The second-order valence-corrected chi connectivity index (χ2v) is 3.98. The zero-order chi connectivity index (χ0) is 13.4. The lowest BCUT2D eigenvalue weighted by molar-refractivity contribution is -0.540. The maximum absolute atomic E-state index is 11.0. The number of carboxylic acid groups (broad SMARTS) is 2. The van der Waals surface area contributed by atoms with Crippen LogP contribution in [0.1, 0.15) is 0 Å². The summed E-state index contributed by atoms with van der Waals surface area (Å²) in [6.45, 7) is 0. The van der Waals surface area contributed by atoms with Gasteiger partial charge in [0.1, 0.15) is 5.03 Å². The number of allylic oxidation sites excluding steroid dienone is 2. The van der Waals surface area contributed by atoms with Gasteiger partial charge in [-0.3, -0.25) is 10.1 Å². The lowest BCUT2D eigenvalue weighted by atomic mass is 9.86. The van der Waals surface area contributed by atoms with Gasteiger partial charge in [0.2, 0.25) is 0 Å². The van der Waals surface area contributed by atoms with Gasteiger partial charge >= 0.3 is 17.5 Å². The Hall–Kier alpha value is -1.60. The number of carbonyl (C=O) groups is 2. The maximum Gasteiger partial charge on any atom is 0.390 e. The van der Waals surface area contributed by atoms with E-state index in [-0.39, 0.29) is 0 Å². The molecule has 92 valence electrons. The van der Waals surface area contributed by atoms with E-state index in [0.29, 0.717) is 0 Å². The quantitative estimate of drug-likeness (QED) is 0.450. The van der Waals surface area contributed by atoms with Crippen LogP contribution in [-0.2, 0) is 9.59 Å². The molecule has 0 fully saturated rings. The van der Waals surface area contributed by atoms with Gasteiger partial charge in [-0.2, -0.15) is 0 Å². The number of alkyl halides is 1. The number of nitro groups is 1. The van der Waals surface area contributed by atoms with E-state index in [4.69, 9.17) is 33.4 Å². The predicted molar refractivity (Wildman–Crippen MR) is 56.7 cm³/mol. The summed E-state index contributed by atoms with van der Waals surface area (Å²) in [4.78, 5) is 31.5. The zero-order valence-electron chi connectivity index (χ0n) is 7.96. The molecule has 17 heavy (non-hydrogen) atoms. The second kappa shape index (κ2) is 4.34. The molecule has 0 saturated heterocycles. The van der Waals surface area contributed by atoms with Gasteiger partial charge in [0.05, 0.1) is 5.57 Å². The molecule has 0 heterocycles. The van der Waals surface area contributed by atoms with E-state index >= 15 is 0 Å². The van der Waals surface area contributed by atoms with Crippen LogP contribution in [-0.4, -0.2) is 38.0 Å². The third-order valence-corrected chi connectivity index (χ3v) is 3.24. The highest BCUT2D eigenvalue weighted by Gasteiger charge is 2.63. The number of nitrogens with zero attached hydrogens (tertiary/aromatic N) is 1. The Morgan fingerprint density at radius 1 is 1.41 bits per heavy atom. The summed E-state index contributed by atoms with van der Waals surface area (Å²) in [6, 6.07) is 0. The normalized spacial score (nSPS) is 28.0. The molecule has 0 aromatic heterocycles. The first-order valence-electron chi connectivity index (χ1n) is 4.09. The van der Waals surface area contributed by atoms with Crippen molar-refractivity contribution in [3.8, 4) is 0 Å². The van der Waals surface area contributed by atoms with E-state index in [0.717, 1.165) is 12.2 Å². The minimum atomic E-state index is -2.87. The first kappa shape index (κ1) is 13.5. The van der Waals surface area contributed by atoms with E-state index in [1.807, 2.05) is 0 Å². The van der Waals surface area contributed by atoms with E-state index in [2.05, 4.69) is 0 Å². The summed E-state index contributed by atoms with van der Waals surface area (Å²) in [5, 5.41) is 26.0. The van der Waals surface area contributed by atoms with Crippen LogP contribution in [0, 0.1) is 10.1 Å². The second-order valence-electron chi connectivity index (χ2n) is 3.13. The summed E-state index contributed by atoms with van der Waals surface area (Å²) >= 11 is 11.1. The summed E-state index contributed by atoms with van der Waals surface area (Å²) in [6.07, 6.45) is 1.79. The number of aliphatic carboxylic acids is 2. The lowest BCUT2D eigenvalue weighted by Crippen LogP contribution is -2.56. The number of hydrogen-bond acceptors (Lipinski definition) is 4. The molecule has 0 amide bonds. The number of rotatable bonds is 3. The molecule has 7 nitrogen and oxygen atoms in total. The molecule has 1 rings (SSSR count). The molecular weight excluding hydrogens is 277 g/mol. The fourth-order valence-corrected chi connectivity index (χ4v) is 2.20. The van der Waals surface area contributed by atoms with Gasteiger partial charge in [-0.15, -0.1) is 11.6 Å². The van der Waals surface area contributed by atoms with Crippen molar-refractivity contribution in [1.82, 2.24) is 0 Å². The molecule has 1 aliphatic carbocycles. The van der Waals surface area contributed by atoms with Crippen molar-refractivity contribution in [2.75, 3.05) is 0 Å². The first-order valence-corrected chi connectivity index (χ1v) is 4.90. The molecule has 1 aliphatic rings. The van der Waals surface area contributed by atoms with Crippen molar-refractivity contribution in [3.63, 3.8) is 0 Å². The number of halogens is 2. The van der Waals surface area contributed by atoms with Gasteiger partial charge in [-0.25, -0.2) is 9.59 Å². The van der Waals surface area contributed by atoms with Crippen LogP contribution < -0.4 is 0 Å². The zero-order valence-corrected chi connectivity index (χ0v) is 9.47. The van der Waals surface area contributed by atoms with Gasteiger partial charge < -0.3 is 10.2 Å². The van der Waals surface area contributed by atoms with E-state index in [1.165, 1.54) is 0 Å². The Labute approximate surface area is 104 Å². The highest BCUT2D eigenvalue weighted by atomic mass is 35.5. The van der Waals surface area contributed by atoms with Crippen molar-refractivity contribution in [2.24, 2.45) is 0 Å². The minimum absolute atomic E-state index is 0.602. The van der Waals surface area contributed by atoms with E-state index in [1.54, 1.807) is 0 Å². The van der Waals surface area contributed by atoms with Gasteiger partial charge in [0.25, 0.3) is 0 Å². The van der Waals surface area contributed by atoms with E-state index in [9.17, 15) is 19.7 Å². The molecule has 0 radical (unpaired) electrons. The van der Waals surface area contributed by atoms with Gasteiger partial charge in [-0.1, -0.05) is 11.6 Å². The molecule has 0 spiro atoms. The third kappa shape index (κ3) is 1.77. The monoisotopic (exact) mass is 281 g/mol. The van der Waals surface area contributed by atoms with Crippen LogP contribution in [0.3, 0.4) is 0 Å². The SMILES string of the molecule is O=C(O)C1=CC=C(Cl)C(C(=O)O)([N+](=O)[O-])C1Cl. The van der Waals surface area contributed by atoms with Crippen LogP contribution >= 0.6 is 23.2 Å². The summed E-state index contributed by atoms with van der Waals surface area (Å²) in [5.74, 6) is -3.46. The molecule has 2 atom stereocenters. The van der Waals surface area contributed by atoms with Gasteiger partial charge in [-0.05, 0) is 12.2 Å². The average molecular weight is 282 g/mol. The number of hydrogen-bond donors (Lipinski definition) is 2. The van der Waals surface area contributed by atoms with Crippen molar-refractivity contribution in [2.45, 2.75) is 10.9 Å². The third-order valence-electron chi connectivity index (χ3n) is 2.27. The minimum Gasteiger partial charge on any atom is -0.478 e. The Kier molecular flexibility index (Phi) is 3.44. The van der Waals surface area contributed by atoms with Crippen molar-refractivity contribution in [1.29, 1.82) is 0 Å². The van der Waals surface area contributed by atoms with E-state index < -0.39 is 38.4 Å². The summed E-state index contributed by atoms with van der Waals surface area (Å²) in [5.41, 5.74) is -3.47. The highest BCUT2D eigenvalue weighted by Crippen LogP contribution is 2.39. The average Bonchev–Trinajstić information content (AvgIpc) is 2.16. The molecule has 9 heteroatoms. The van der Waals surface area contributed by atoms with Crippen molar-refractivity contribution >= 4 is 35.1 Å². The largest absolute Gasteiger partial charge is 0.478 e. The standard InChI is InChI=1S/C8H5Cl2NO6/c9-4-2-1-3(6(12)13)5(10)8(4,7(14)15)11(16)17/h1-2,5H,(H,12,13)(H,14,15). The molecule has 2 N–H and O–H groups in total. The molecule has 0 saturated carbocycles. The fraction of sp³-hybridized carbons (Fsp3) is 0.250. The molecule has 0 aromatic carbocycles. The molecule has 0 aromatic rings. The first-order chi connectivity index (χ1) is 7.76. The smallest absolute Gasteiger partial charge is 0.390 e. The lowest BCUT2D eigenvalue weighted by Gasteiger charge is -2.27. The summed E-state index contributed by atoms with van der Waals surface area (Å²) in [7, 11) is 0. The Morgan fingerprint density at radius 3 is 2.29 bits per heavy atom. The van der Waals surface area contributed by atoms with Crippen molar-refractivity contribution < 1.29 is 24.7 Å². The van der Waals surface area contributed by atoms with Gasteiger partial charge in [0, 0.05) is 4.92 Å². The Morgan fingerprint density at radius 2 is 1.94 bits per heavy atom. The maximum atomic E-state index is 11.0. The molecule has 0 bridgehead atoms. The van der Waals surface area contributed by atoms with Crippen LogP contribution in [0.25, 0.3) is 0 Å².